The summed E-state index contributed by atoms with van der Waals surface area (Å²) in [5.41, 5.74) is 3.43. The lowest BCUT2D eigenvalue weighted by atomic mass is 10.1. The SMILES string of the molecule is COCCNc1nc(C)c(-c2nc3cnc(C4CC4)cc3s2)c(N[C@@H]2C[C@H](CO)[C@@H](O)[C@H]2O)n1.Cl. The molecule has 0 aromatic carbocycles. The smallest absolute Gasteiger partial charge is 0.224 e. The van der Waals surface area contributed by atoms with Gasteiger partial charge in [0.25, 0.3) is 0 Å². The number of halogens is 1. The molecule has 3 aromatic heterocycles. The van der Waals surface area contributed by atoms with E-state index in [0.29, 0.717) is 37.3 Å². The summed E-state index contributed by atoms with van der Waals surface area (Å²) < 4.78 is 6.17. The minimum atomic E-state index is -1.02. The fourth-order valence-electron chi connectivity index (χ4n) is 4.46. The van der Waals surface area contributed by atoms with E-state index in [1.54, 1.807) is 18.4 Å². The highest BCUT2D eigenvalue weighted by Crippen LogP contribution is 2.42. The number of aromatic nitrogens is 4. The van der Waals surface area contributed by atoms with Gasteiger partial charge in [-0.1, -0.05) is 0 Å². The largest absolute Gasteiger partial charge is 0.396 e. The zero-order valence-electron chi connectivity index (χ0n) is 19.6. The summed E-state index contributed by atoms with van der Waals surface area (Å²) in [6, 6.07) is 1.66. The van der Waals surface area contributed by atoms with E-state index in [4.69, 9.17) is 9.72 Å². The molecule has 0 bridgehead atoms. The molecular formula is C23H31ClN6O4S. The average molecular weight is 523 g/mol. The minimum absolute atomic E-state index is 0. The number of thiazole rings is 1. The van der Waals surface area contributed by atoms with Crippen molar-refractivity contribution in [3.8, 4) is 10.6 Å². The van der Waals surface area contributed by atoms with Crippen LogP contribution in [0.2, 0.25) is 0 Å². The van der Waals surface area contributed by atoms with Crippen LogP contribution in [0.4, 0.5) is 11.8 Å². The molecule has 190 valence electrons. The van der Waals surface area contributed by atoms with E-state index in [1.165, 1.54) is 12.8 Å². The first-order valence-corrected chi connectivity index (χ1v) is 12.4. The Morgan fingerprint density at radius 3 is 2.66 bits per heavy atom. The quantitative estimate of drug-likeness (QED) is 0.265. The molecule has 35 heavy (non-hydrogen) atoms. The molecule has 0 spiro atoms. The molecular weight excluding hydrogens is 492 g/mol. The Kier molecular flexibility index (Phi) is 8.04. The van der Waals surface area contributed by atoms with Gasteiger partial charge < -0.3 is 30.7 Å². The van der Waals surface area contributed by atoms with E-state index < -0.39 is 24.2 Å². The van der Waals surface area contributed by atoms with Crippen LogP contribution in [0.15, 0.2) is 12.3 Å². The summed E-state index contributed by atoms with van der Waals surface area (Å²) in [5, 5.41) is 37.7. The number of anilines is 2. The van der Waals surface area contributed by atoms with Crippen LogP contribution in [-0.4, -0.2) is 80.4 Å². The lowest BCUT2D eigenvalue weighted by Gasteiger charge is -2.21. The van der Waals surface area contributed by atoms with Crippen molar-refractivity contribution in [2.75, 3.05) is 37.5 Å². The Bertz CT molecular complexity index is 1180. The van der Waals surface area contributed by atoms with Gasteiger partial charge in [0.1, 0.15) is 22.4 Å². The molecule has 4 atom stereocenters. The van der Waals surface area contributed by atoms with Crippen molar-refractivity contribution in [3.05, 3.63) is 23.7 Å². The molecule has 0 saturated heterocycles. The average Bonchev–Trinajstić information content (AvgIpc) is 3.54. The predicted octanol–water partition coefficient (Wildman–Crippen LogP) is 2.33. The van der Waals surface area contributed by atoms with Crippen molar-refractivity contribution >= 4 is 45.7 Å². The van der Waals surface area contributed by atoms with Gasteiger partial charge in [-0.3, -0.25) is 4.98 Å². The third kappa shape index (κ3) is 5.35. The first-order valence-electron chi connectivity index (χ1n) is 11.6. The molecule has 0 unspecified atom stereocenters. The first kappa shape index (κ1) is 25.9. The van der Waals surface area contributed by atoms with Crippen LogP contribution >= 0.6 is 23.7 Å². The van der Waals surface area contributed by atoms with Crippen LogP contribution in [0.1, 0.15) is 36.6 Å². The molecule has 2 aliphatic carbocycles. The Morgan fingerprint density at radius 2 is 1.97 bits per heavy atom. The van der Waals surface area contributed by atoms with Gasteiger partial charge in [-0.05, 0) is 32.3 Å². The summed E-state index contributed by atoms with van der Waals surface area (Å²) in [7, 11) is 1.63. The number of pyridine rings is 1. The van der Waals surface area contributed by atoms with Crippen LogP contribution in [0.25, 0.3) is 20.8 Å². The molecule has 10 nitrogen and oxygen atoms in total. The number of rotatable bonds is 9. The third-order valence-corrected chi connectivity index (χ3v) is 7.58. The molecule has 0 radical (unpaired) electrons. The highest BCUT2D eigenvalue weighted by atomic mass is 35.5. The van der Waals surface area contributed by atoms with E-state index >= 15 is 0 Å². The highest BCUT2D eigenvalue weighted by Gasteiger charge is 2.41. The van der Waals surface area contributed by atoms with Gasteiger partial charge in [-0.15, -0.1) is 23.7 Å². The molecule has 5 rings (SSSR count). The minimum Gasteiger partial charge on any atom is -0.396 e. The topological polar surface area (TPSA) is 146 Å². The molecule has 2 fully saturated rings. The van der Waals surface area contributed by atoms with Gasteiger partial charge in [0, 0.05) is 37.8 Å². The summed E-state index contributed by atoms with van der Waals surface area (Å²) in [4.78, 5) is 18.7. The second-order valence-electron chi connectivity index (χ2n) is 9.06. The molecule has 0 amide bonds. The van der Waals surface area contributed by atoms with Crippen molar-refractivity contribution in [1.82, 2.24) is 19.9 Å². The zero-order valence-corrected chi connectivity index (χ0v) is 21.3. The number of hydrogen-bond donors (Lipinski definition) is 5. The molecule has 2 saturated carbocycles. The first-order chi connectivity index (χ1) is 16.5. The summed E-state index contributed by atoms with van der Waals surface area (Å²) in [6.45, 7) is 2.76. The Balaban J connectivity index is 0.00000289. The van der Waals surface area contributed by atoms with Gasteiger partial charge >= 0.3 is 0 Å². The lowest BCUT2D eigenvalue weighted by Crippen LogP contribution is -2.35. The van der Waals surface area contributed by atoms with Crippen molar-refractivity contribution in [2.24, 2.45) is 5.92 Å². The number of nitrogens with one attached hydrogen (secondary N) is 2. The van der Waals surface area contributed by atoms with E-state index in [1.807, 2.05) is 13.1 Å². The number of ether oxygens (including phenoxy) is 1. The van der Waals surface area contributed by atoms with Gasteiger partial charge in [0.2, 0.25) is 5.95 Å². The number of nitrogens with zero attached hydrogens (tertiary/aromatic N) is 4. The van der Waals surface area contributed by atoms with Crippen molar-refractivity contribution < 1.29 is 20.1 Å². The van der Waals surface area contributed by atoms with Crippen LogP contribution in [0.3, 0.4) is 0 Å². The monoisotopic (exact) mass is 522 g/mol. The zero-order chi connectivity index (χ0) is 23.8. The normalized spacial score (nSPS) is 23.9. The van der Waals surface area contributed by atoms with Crippen LogP contribution in [0, 0.1) is 12.8 Å². The van der Waals surface area contributed by atoms with E-state index in [0.717, 1.165) is 32.2 Å². The number of fused-ring (bicyclic) bond motifs is 1. The van der Waals surface area contributed by atoms with Gasteiger partial charge in [-0.2, -0.15) is 4.98 Å². The van der Waals surface area contributed by atoms with Crippen molar-refractivity contribution in [3.63, 3.8) is 0 Å². The number of methoxy groups -OCH3 is 1. The number of aryl methyl sites for hydroxylation is 1. The standard InChI is InChI=1S/C23H30N6O4S.ClH/c1-11-18(22-28-16-9-25-14(12-3-4-12)8-17(16)34-22)21(29-23(26-11)24-5-6-33-2)27-15-7-13(10-30)19(31)20(15)32;/h8-9,12-13,15,19-20,30-32H,3-7,10H2,1-2H3,(H2,24,26,27,29);1H/t13-,15-,19-,20+;/m1./s1. The van der Waals surface area contributed by atoms with Crippen molar-refractivity contribution in [2.45, 2.75) is 50.4 Å². The molecule has 2 aliphatic rings. The maximum Gasteiger partial charge on any atom is 0.224 e. The molecule has 3 aromatic rings. The number of aliphatic hydroxyl groups is 3. The van der Waals surface area contributed by atoms with Gasteiger partial charge in [-0.25, -0.2) is 9.97 Å². The Morgan fingerprint density at radius 1 is 1.17 bits per heavy atom. The van der Waals surface area contributed by atoms with E-state index in [-0.39, 0.29) is 19.0 Å². The second kappa shape index (κ2) is 10.9. The predicted molar refractivity (Wildman–Crippen MR) is 137 cm³/mol. The van der Waals surface area contributed by atoms with E-state index in [9.17, 15) is 15.3 Å². The lowest BCUT2D eigenvalue weighted by molar-refractivity contribution is 0.00446. The molecule has 5 N–H and O–H groups in total. The number of aliphatic hydroxyl groups excluding tert-OH is 3. The maximum absolute atomic E-state index is 10.6. The van der Waals surface area contributed by atoms with Gasteiger partial charge in [0.05, 0.1) is 40.9 Å². The summed E-state index contributed by atoms with van der Waals surface area (Å²) in [6.07, 6.45) is 2.60. The molecule has 3 heterocycles. The molecule has 0 aliphatic heterocycles. The van der Waals surface area contributed by atoms with Crippen LogP contribution < -0.4 is 10.6 Å². The Hall–Kier alpha value is -2.15. The summed E-state index contributed by atoms with van der Waals surface area (Å²) in [5.74, 6) is 1.13. The third-order valence-electron chi connectivity index (χ3n) is 6.54. The van der Waals surface area contributed by atoms with Crippen molar-refractivity contribution in [1.29, 1.82) is 0 Å². The maximum atomic E-state index is 10.6. The van der Waals surface area contributed by atoms with Gasteiger partial charge in [0.15, 0.2) is 0 Å². The number of hydrogen-bond acceptors (Lipinski definition) is 11. The second-order valence-corrected chi connectivity index (χ2v) is 10.1. The Labute approximate surface area is 213 Å². The van der Waals surface area contributed by atoms with Crippen LogP contribution in [0.5, 0.6) is 0 Å². The fraction of sp³-hybridized carbons (Fsp3) is 0.565. The van der Waals surface area contributed by atoms with Crippen LogP contribution in [-0.2, 0) is 4.74 Å². The molecule has 12 heteroatoms. The summed E-state index contributed by atoms with van der Waals surface area (Å²) >= 11 is 1.57. The highest BCUT2D eigenvalue weighted by molar-refractivity contribution is 7.21. The van der Waals surface area contributed by atoms with E-state index in [2.05, 4.69) is 31.7 Å². The fourth-order valence-corrected chi connectivity index (χ4v) is 5.54.